The molecule has 5 nitrogen and oxygen atoms in total. The van der Waals surface area contributed by atoms with Gasteiger partial charge in [-0.25, -0.2) is 0 Å². The summed E-state index contributed by atoms with van der Waals surface area (Å²) in [7, 11) is 0. The van der Waals surface area contributed by atoms with Crippen LogP contribution in [0.15, 0.2) is 85.6 Å². The Balaban J connectivity index is 1.73. The van der Waals surface area contributed by atoms with Crippen LogP contribution in [-0.4, -0.2) is 31.3 Å². The maximum atomic E-state index is 4.49. The lowest BCUT2D eigenvalue weighted by Crippen LogP contribution is -2.22. The molecule has 0 aromatic carbocycles. The third-order valence-corrected chi connectivity index (χ3v) is 4.56. The van der Waals surface area contributed by atoms with Crippen molar-refractivity contribution in [3.05, 3.63) is 103 Å². The molecule has 0 aliphatic carbocycles. The molecule has 5 heteroatoms. The summed E-state index contributed by atoms with van der Waals surface area (Å²) in [4.78, 5) is 18.0. The zero-order valence-electron chi connectivity index (χ0n) is 17.1. The first-order valence-electron chi connectivity index (χ1n) is 10.2. The fourth-order valence-electron chi connectivity index (χ4n) is 3.02. The van der Waals surface area contributed by atoms with E-state index in [4.69, 9.17) is 0 Å². The van der Waals surface area contributed by atoms with Gasteiger partial charge in [-0.05, 0) is 42.8 Å². The lowest BCUT2D eigenvalue weighted by Gasteiger charge is -2.24. The van der Waals surface area contributed by atoms with Crippen molar-refractivity contribution in [3.63, 3.8) is 0 Å². The first kappa shape index (κ1) is 20.5. The number of pyridine rings is 3. The molecule has 0 aliphatic rings. The fourth-order valence-corrected chi connectivity index (χ4v) is 3.02. The standard InChI is InChI=1S/C24H29N5/c1-2-3-16-28(19-22-10-4-7-13-25-22)17-18-29(20-23-11-5-8-14-26-23)21-24-12-6-9-15-27-24/h4-15,17-18H,2-3,16,19-21H2,1H3. The number of nitrogens with zero attached hydrogens (tertiary/aromatic N) is 5. The van der Waals surface area contributed by atoms with Gasteiger partial charge in [0.1, 0.15) is 0 Å². The Bertz CT molecular complexity index is 795. The highest BCUT2D eigenvalue weighted by Crippen LogP contribution is 2.10. The maximum Gasteiger partial charge on any atom is 0.0601 e. The van der Waals surface area contributed by atoms with Gasteiger partial charge in [-0.15, -0.1) is 0 Å². The fraction of sp³-hybridized carbons (Fsp3) is 0.292. The van der Waals surface area contributed by atoms with E-state index in [1.54, 1.807) is 0 Å². The highest BCUT2D eigenvalue weighted by Gasteiger charge is 2.07. The van der Waals surface area contributed by atoms with E-state index in [-0.39, 0.29) is 0 Å². The SMILES string of the molecule is CCCCN(C=CN(Cc1ccccn1)Cc1ccccn1)Cc1ccccn1. The van der Waals surface area contributed by atoms with Gasteiger partial charge in [-0.1, -0.05) is 31.5 Å². The highest BCUT2D eigenvalue weighted by molar-refractivity contribution is 5.08. The van der Waals surface area contributed by atoms with Gasteiger partial charge in [0.25, 0.3) is 0 Å². The van der Waals surface area contributed by atoms with Gasteiger partial charge in [0.05, 0.1) is 36.7 Å². The smallest absolute Gasteiger partial charge is 0.0601 e. The minimum Gasteiger partial charge on any atom is -0.370 e. The van der Waals surface area contributed by atoms with E-state index in [1.165, 1.54) is 0 Å². The summed E-state index contributed by atoms with van der Waals surface area (Å²) in [6.45, 7) is 5.50. The van der Waals surface area contributed by atoms with Gasteiger partial charge in [-0.2, -0.15) is 0 Å². The topological polar surface area (TPSA) is 45.2 Å². The lowest BCUT2D eigenvalue weighted by atomic mass is 10.3. The average molecular weight is 388 g/mol. The predicted molar refractivity (Wildman–Crippen MR) is 116 cm³/mol. The number of rotatable bonds is 11. The van der Waals surface area contributed by atoms with E-state index >= 15 is 0 Å². The van der Waals surface area contributed by atoms with E-state index in [9.17, 15) is 0 Å². The monoisotopic (exact) mass is 387 g/mol. The molecule has 0 saturated carbocycles. The van der Waals surface area contributed by atoms with E-state index in [0.29, 0.717) is 0 Å². The summed E-state index contributed by atoms with van der Waals surface area (Å²) in [5.74, 6) is 0. The molecule has 0 fully saturated rings. The molecule has 3 rings (SSSR count). The van der Waals surface area contributed by atoms with Crippen molar-refractivity contribution in [1.29, 1.82) is 0 Å². The molecule has 29 heavy (non-hydrogen) atoms. The largest absolute Gasteiger partial charge is 0.370 e. The van der Waals surface area contributed by atoms with Gasteiger partial charge in [-0.3, -0.25) is 15.0 Å². The maximum absolute atomic E-state index is 4.49. The number of unbranched alkanes of at least 4 members (excludes halogenated alkanes) is 1. The van der Waals surface area contributed by atoms with Crippen LogP contribution in [0.4, 0.5) is 0 Å². The summed E-state index contributed by atoms with van der Waals surface area (Å²) in [6.07, 6.45) is 12.2. The second kappa shape index (κ2) is 11.6. The Kier molecular flexibility index (Phi) is 8.20. The molecular weight excluding hydrogens is 358 g/mol. The Labute approximate surface area is 173 Å². The molecule has 0 N–H and O–H groups in total. The summed E-state index contributed by atoms with van der Waals surface area (Å²) in [5.41, 5.74) is 3.16. The van der Waals surface area contributed by atoms with Crippen LogP contribution in [0.2, 0.25) is 0 Å². The summed E-state index contributed by atoms with van der Waals surface area (Å²) in [5, 5.41) is 0. The molecule has 0 radical (unpaired) electrons. The first-order chi connectivity index (χ1) is 14.3. The van der Waals surface area contributed by atoms with E-state index < -0.39 is 0 Å². The molecule has 3 heterocycles. The molecule has 3 aromatic heterocycles. The number of hydrogen-bond donors (Lipinski definition) is 0. The zero-order valence-corrected chi connectivity index (χ0v) is 17.1. The zero-order chi connectivity index (χ0) is 20.2. The van der Waals surface area contributed by atoms with Crippen LogP contribution < -0.4 is 0 Å². The molecular formula is C24H29N5. The van der Waals surface area contributed by atoms with Gasteiger partial charge >= 0.3 is 0 Å². The minimum atomic E-state index is 0.735. The van der Waals surface area contributed by atoms with Crippen molar-refractivity contribution in [2.24, 2.45) is 0 Å². The Morgan fingerprint density at radius 2 is 1.10 bits per heavy atom. The Morgan fingerprint density at radius 3 is 1.52 bits per heavy atom. The van der Waals surface area contributed by atoms with Crippen molar-refractivity contribution < 1.29 is 0 Å². The quantitative estimate of drug-likeness (QED) is 0.479. The second-order valence-electron chi connectivity index (χ2n) is 6.99. The first-order valence-corrected chi connectivity index (χ1v) is 10.2. The normalized spacial score (nSPS) is 10.9. The van der Waals surface area contributed by atoms with Crippen molar-refractivity contribution in [2.75, 3.05) is 6.54 Å². The van der Waals surface area contributed by atoms with Gasteiger partial charge < -0.3 is 9.80 Å². The van der Waals surface area contributed by atoms with Crippen LogP contribution in [0.3, 0.4) is 0 Å². The van der Waals surface area contributed by atoms with Gasteiger partial charge in [0.2, 0.25) is 0 Å². The van der Waals surface area contributed by atoms with Crippen LogP contribution in [0.1, 0.15) is 36.8 Å². The molecule has 0 unspecified atom stereocenters. The Morgan fingerprint density at radius 1 is 0.655 bits per heavy atom. The molecule has 0 aliphatic heterocycles. The van der Waals surface area contributed by atoms with E-state index in [0.717, 1.165) is 56.1 Å². The summed E-state index contributed by atoms with van der Waals surface area (Å²) in [6, 6.07) is 18.1. The molecule has 0 amide bonds. The minimum absolute atomic E-state index is 0.735. The Hall–Kier alpha value is -3.21. The molecule has 150 valence electrons. The van der Waals surface area contributed by atoms with Crippen molar-refractivity contribution in [3.8, 4) is 0 Å². The molecule has 3 aromatic rings. The van der Waals surface area contributed by atoms with E-state index in [1.807, 2.05) is 55.0 Å². The molecule has 0 spiro atoms. The van der Waals surface area contributed by atoms with E-state index in [2.05, 4.69) is 62.3 Å². The number of aromatic nitrogens is 3. The van der Waals surface area contributed by atoms with Crippen LogP contribution in [0.25, 0.3) is 0 Å². The summed E-state index contributed by atoms with van der Waals surface area (Å²) < 4.78 is 0. The van der Waals surface area contributed by atoms with Crippen LogP contribution in [0, 0.1) is 0 Å². The third-order valence-electron chi connectivity index (χ3n) is 4.56. The molecule has 0 bridgehead atoms. The predicted octanol–water partition coefficient (Wildman–Crippen LogP) is 4.65. The average Bonchev–Trinajstić information content (AvgIpc) is 2.77. The van der Waals surface area contributed by atoms with Crippen LogP contribution in [0.5, 0.6) is 0 Å². The van der Waals surface area contributed by atoms with Crippen molar-refractivity contribution >= 4 is 0 Å². The lowest BCUT2D eigenvalue weighted by molar-refractivity contribution is 0.318. The highest BCUT2D eigenvalue weighted by atomic mass is 15.2. The van der Waals surface area contributed by atoms with Crippen LogP contribution >= 0.6 is 0 Å². The summed E-state index contributed by atoms with van der Waals surface area (Å²) >= 11 is 0. The van der Waals surface area contributed by atoms with Crippen molar-refractivity contribution in [1.82, 2.24) is 24.8 Å². The van der Waals surface area contributed by atoms with Gasteiger partial charge in [0.15, 0.2) is 0 Å². The molecule has 0 atom stereocenters. The van der Waals surface area contributed by atoms with Crippen LogP contribution in [-0.2, 0) is 19.6 Å². The van der Waals surface area contributed by atoms with Crippen molar-refractivity contribution in [2.45, 2.75) is 39.4 Å². The van der Waals surface area contributed by atoms with Gasteiger partial charge in [0, 0.05) is 37.5 Å². The third kappa shape index (κ3) is 7.37. The molecule has 0 saturated heterocycles. The second-order valence-corrected chi connectivity index (χ2v) is 6.99. The number of hydrogen-bond acceptors (Lipinski definition) is 5.